The maximum atomic E-state index is 12.8. The summed E-state index contributed by atoms with van der Waals surface area (Å²) in [6.45, 7) is 2.51. The second kappa shape index (κ2) is 49.2. The molecule has 0 saturated carbocycles. The van der Waals surface area contributed by atoms with Crippen LogP contribution in [-0.2, 0) is 64.3 Å². The van der Waals surface area contributed by atoms with E-state index in [1.54, 1.807) is 0 Å². The Morgan fingerprint density at radius 3 is 1.29 bits per heavy atom. The molecule has 0 aromatic rings. The van der Waals surface area contributed by atoms with Gasteiger partial charge in [0.05, 0.1) is 19.5 Å². The summed E-state index contributed by atoms with van der Waals surface area (Å²) in [5.41, 5.74) is 0. The van der Waals surface area contributed by atoms with Crippen LogP contribution in [0, 0.1) is 0 Å². The molecule has 4 N–H and O–H groups in total. The van der Waals surface area contributed by atoms with Gasteiger partial charge in [0.1, 0.15) is 19.3 Å². The predicted octanol–water partition coefficient (Wildman–Crippen LogP) is 11.0. The maximum Gasteiger partial charge on any atom is 2.00 e. The number of esters is 3. The zero-order valence-electron chi connectivity index (χ0n) is 42.5. The summed E-state index contributed by atoms with van der Waals surface area (Å²) in [5.74, 6) is -6.11. The van der Waals surface area contributed by atoms with E-state index in [0.29, 0.717) is 19.3 Å². The molecular formula is C53H92N2NiO13+2. The van der Waals surface area contributed by atoms with Crippen LogP contribution in [0.15, 0.2) is 24.3 Å². The molecule has 0 radical (unpaired) electrons. The van der Waals surface area contributed by atoms with Gasteiger partial charge in [-0.15, -0.1) is 0 Å². The van der Waals surface area contributed by atoms with Crippen LogP contribution in [0.1, 0.15) is 226 Å². The molecule has 2 atom stereocenters. The van der Waals surface area contributed by atoms with Crippen LogP contribution in [0.2, 0.25) is 0 Å². The molecule has 0 fully saturated rings. The largest absolute Gasteiger partial charge is 2.00 e. The minimum absolute atomic E-state index is 0. The van der Waals surface area contributed by atoms with Gasteiger partial charge >= 0.3 is 52.3 Å². The summed E-state index contributed by atoms with van der Waals surface area (Å²) in [6, 6.07) is -1.33. The number of carboxylic acids is 3. The molecule has 0 aromatic carbocycles. The monoisotopic (exact) mass is 1020 g/mol. The molecule has 69 heavy (non-hydrogen) atoms. The Morgan fingerprint density at radius 1 is 0.478 bits per heavy atom. The van der Waals surface area contributed by atoms with Gasteiger partial charge in [0.15, 0.2) is 6.10 Å². The Labute approximate surface area is 425 Å². The average Bonchev–Trinajstić information content (AvgIpc) is 3.29. The number of carbonyl (C=O) groups excluding carboxylic acids is 4. The number of unbranched alkanes of at least 4 members (excludes halogenated alkanes) is 23. The van der Waals surface area contributed by atoms with Crippen LogP contribution < -0.4 is 5.32 Å². The van der Waals surface area contributed by atoms with Crippen LogP contribution in [0.25, 0.3) is 0 Å². The number of amides is 1. The standard InChI is InChI=1S/C53H92N2O13.Ni/c1-3-5-7-9-11-13-15-17-19-21-23-25-27-29-31-36-50(61)66-43-45(68-52(63)37-32-30-28-26-24-22-20-18-16-14-12-10-8-6-4-2)44-67-51(62)39-38-47(56)54-40-34-33-35-46(53(64)65)55(41-48(57)58)42-49(59)60;/h17-20,45-46H,3-16,21-44H2,1-2H3,(H,54,56)(H,57,58)(H,59,60)(H,64,65);/q;+2/b19-17-,20-18-;. The quantitative estimate of drug-likeness (QED) is 0.0146. The molecule has 0 aromatic heterocycles. The van der Waals surface area contributed by atoms with E-state index in [4.69, 9.17) is 24.4 Å². The number of aliphatic carboxylic acids is 3. The first-order valence-electron chi connectivity index (χ1n) is 26.4. The maximum absolute atomic E-state index is 12.8. The number of hydrogen-bond acceptors (Lipinski definition) is 11. The van der Waals surface area contributed by atoms with Gasteiger partial charge in [-0.05, 0) is 83.5 Å². The molecule has 16 heteroatoms. The summed E-state index contributed by atoms with van der Waals surface area (Å²) >= 11 is 0. The topological polar surface area (TPSA) is 223 Å². The van der Waals surface area contributed by atoms with E-state index >= 15 is 0 Å². The van der Waals surface area contributed by atoms with E-state index in [0.717, 1.165) is 81.9 Å². The molecule has 0 saturated heterocycles. The normalized spacial score (nSPS) is 12.2. The van der Waals surface area contributed by atoms with E-state index in [-0.39, 0.29) is 74.8 Å². The molecule has 0 spiro atoms. The van der Waals surface area contributed by atoms with Crippen molar-refractivity contribution >= 4 is 41.7 Å². The number of nitrogens with one attached hydrogen (secondary N) is 1. The second-order valence-electron chi connectivity index (χ2n) is 18.0. The fourth-order valence-electron chi connectivity index (χ4n) is 7.64. The summed E-state index contributed by atoms with van der Waals surface area (Å²) in [5, 5.41) is 30.3. The summed E-state index contributed by atoms with van der Waals surface area (Å²) in [7, 11) is 0. The van der Waals surface area contributed by atoms with Crippen molar-refractivity contribution in [3.05, 3.63) is 24.3 Å². The van der Waals surface area contributed by atoms with E-state index in [1.165, 1.54) is 77.0 Å². The zero-order valence-corrected chi connectivity index (χ0v) is 43.5. The Balaban J connectivity index is 0. The first kappa shape index (κ1) is 67.3. The molecule has 1 amide bonds. The molecule has 0 aliphatic carbocycles. The van der Waals surface area contributed by atoms with Gasteiger partial charge in [-0.3, -0.25) is 38.5 Å². The number of carbonyl (C=O) groups is 7. The van der Waals surface area contributed by atoms with Crippen molar-refractivity contribution in [2.24, 2.45) is 0 Å². The van der Waals surface area contributed by atoms with Gasteiger partial charge in [-0.2, -0.15) is 0 Å². The minimum atomic E-state index is -1.35. The zero-order chi connectivity index (χ0) is 50.3. The van der Waals surface area contributed by atoms with Crippen molar-refractivity contribution in [3.8, 4) is 0 Å². The Kier molecular flexibility index (Phi) is 48.0. The molecule has 15 nitrogen and oxygen atoms in total. The molecule has 0 aliphatic heterocycles. The van der Waals surface area contributed by atoms with Gasteiger partial charge in [0.2, 0.25) is 5.91 Å². The third-order valence-corrected chi connectivity index (χ3v) is 11.6. The van der Waals surface area contributed by atoms with Crippen LogP contribution in [0.4, 0.5) is 0 Å². The first-order chi connectivity index (χ1) is 32.9. The molecule has 0 rings (SSSR count). The van der Waals surface area contributed by atoms with Crippen molar-refractivity contribution in [3.63, 3.8) is 0 Å². The fraction of sp³-hybridized carbons (Fsp3) is 0.792. The van der Waals surface area contributed by atoms with E-state index in [2.05, 4.69) is 43.5 Å². The number of ether oxygens (including phenoxy) is 3. The molecule has 400 valence electrons. The van der Waals surface area contributed by atoms with Crippen LogP contribution in [-0.4, -0.2) is 107 Å². The number of nitrogens with zero attached hydrogens (tertiary/aromatic N) is 1. The van der Waals surface area contributed by atoms with Gasteiger partial charge in [-0.1, -0.05) is 141 Å². The predicted molar refractivity (Wildman–Crippen MR) is 265 cm³/mol. The van der Waals surface area contributed by atoms with Crippen LogP contribution in [0.5, 0.6) is 0 Å². The van der Waals surface area contributed by atoms with Crippen molar-refractivity contribution in [1.29, 1.82) is 0 Å². The van der Waals surface area contributed by atoms with E-state index < -0.39 is 67.0 Å². The summed E-state index contributed by atoms with van der Waals surface area (Å²) < 4.78 is 16.4. The smallest absolute Gasteiger partial charge is 0.480 e. The molecule has 0 bridgehead atoms. The number of carboxylic acid groups (broad SMARTS) is 3. The third-order valence-electron chi connectivity index (χ3n) is 11.6. The van der Waals surface area contributed by atoms with Gasteiger partial charge in [0, 0.05) is 25.8 Å². The fourth-order valence-corrected chi connectivity index (χ4v) is 7.64. The molecule has 0 heterocycles. The van der Waals surface area contributed by atoms with Gasteiger partial charge in [0.25, 0.3) is 0 Å². The molecule has 0 aliphatic rings. The van der Waals surface area contributed by atoms with Crippen molar-refractivity contribution < 1.29 is 79.6 Å². The Bertz CT molecular complexity index is 1390. The third kappa shape index (κ3) is 46.4. The summed E-state index contributed by atoms with van der Waals surface area (Å²) in [4.78, 5) is 85.3. The average molecular weight is 1020 g/mol. The van der Waals surface area contributed by atoms with E-state index in [9.17, 15) is 38.7 Å². The molecular weight excluding hydrogens is 931 g/mol. The first-order valence-corrected chi connectivity index (χ1v) is 26.4. The van der Waals surface area contributed by atoms with Crippen molar-refractivity contribution in [2.45, 2.75) is 238 Å². The summed E-state index contributed by atoms with van der Waals surface area (Å²) in [6.07, 6.45) is 38.3. The minimum Gasteiger partial charge on any atom is -0.480 e. The van der Waals surface area contributed by atoms with Crippen molar-refractivity contribution in [1.82, 2.24) is 10.2 Å². The van der Waals surface area contributed by atoms with E-state index in [1.807, 2.05) is 0 Å². The van der Waals surface area contributed by atoms with Gasteiger partial charge < -0.3 is 34.8 Å². The number of hydrogen-bond donors (Lipinski definition) is 4. The number of rotatable bonds is 49. The molecule has 2 unspecified atom stereocenters. The second-order valence-corrected chi connectivity index (χ2v) is 18.0. The van der Waals surface area contributed by atoms with Gasteiger partial charge in [-0.25, -0.2) is 0 Å². The van der Waals surface area contributed by atoms with Crippen molar-refractivity contribution in [2.75, 3.05) is 32.8 Å². The SMILES string of the molecule is CCCCCCCC/C=C\CCCCCCCC(=O)OCC(COC(=O)CCC(=O)NCCCCC(C(=O)O)N(CC(=O)O)CC(=O)O)OC(=O)CCCCCCC/C=C\CCCCCCCC.[Ni+2]. The van der Waals surface area contributed by atoms with Crippen LogP contribution >= 0.6 is 0 Å². The number of allylic oxidation sites excluding steroid dienone is 4. The van der Waals surface area contributed by atoms with Crippen LogP contribution in [0.3, 0.4) is 0 Å². The Morgan fingerprint density at radius 2 is 0.870 bits per heavy atom. The Hall–Kier alpha value is -3.78.